The number of carbonyl (C=O) groups is 1. The second-order valence-corrected chi connectivity index (χ2v) is 6.12. The number of aryl methyl sites for hydroxylation is 1. The first-order valence-electron chi connectivity index (χ1n) is 7.76. The number of nitrogens with two attached hydrogens (primary N) is 1. The quantitative estimate of drug-likeness (QED) is 0.802. The highest BCUT2D eigenvalue weighted by Gasteiger charge is 2.08. The Bertz CT molecular complexity index is 901. The molecule has 0 fully saturated rings. The smallest absolute Gasteiger partial charge is 0.221 e. The lowest BCUT2D eigenvalue weighted by Crippen LogP contribution is -2.13. The van der Waals surface area contributed by atoms with Crippen LogP contribution in [0.25, 0.3) is 22.2 Å². The van der Waals surface area contributed by atoms with E-state index in [-0.39, 0.29) is 12.3 Å². The molecule has 2 N–H and O–H groups in total. The van der Waals surface area contributed by atoms with Crippen molar-refractivity contribution in [1.29, 1.82) is 0 Å². The molecule has 24 heavy (non-hydrogen) atoms. The molecule has 3 aromatic rings. The lowest BCUT2D eigenvalue weighted by atomic mass is 10.0. The van der Waals surface area contributed by atoms with Crippen LogP contribution in [0.1, 0.15) is 11.1 Å². The monoisotopic (exact) mass is 320 g/mol. The highest BCUT2D eigenvalue weighted by Crippen LogP contribution is 2.25. The summed E-state index contributed by atoms with van der Waals surface area (Å²) >= 11 is 0. The molecule has 5 nitrogen and oxygen atoms in total. The summed E-state index contributed by atoms with van der Waals surface area (Å²) < 4.78 is 0. The molecule has 122 valence electrons. The number of fused-ring (bicyclic) bond motifs is 1. The fourth-order valence-electron chi connectivity index (χ4n) is 2.70. The van der Waals surface area contributed by atoms with E-state index in [0.29, 0.717) is 0 Å². The molecule has 0 aliphatic carbocycles. The van der Waals surface area contributed by atoms with Crippen molar-refractivity contribution in [2.45, 2.75) is 13.3 Å². The van der Waals surface area contributed by atoms with E-state index in [9.17, 15) is 4.79 Å². The van der Waals surface area contributed by atoms with Crippen molar-refractivity contribution >= 4 is 22.6 Å². The highest BCUT2D eigenvalue weighted by atomic mass is 16.1. The number of hydrogen-bond acceptors (Lipinski definition) is 4. The van der Waals surface area contributed by atoms with Crippen molar-refractivity contribution in [2.24, 2.45) is 5.73 Å². The van der Waals surface area contributed by atoms with E-state index in [4.69, 9.17) is 10.7 Å². The maximum Gasteiger partial charge on any atom is 0.221 e. The fraction of sp³-hybridized carbons (Fsp3) is 0.211. The predicted octanol–water partition coefficient (Wildman–Crippen LogP) is 2.70. The van der Waals surface area contributed by atoms with Crippen molar-refractivity contribution in [3.63, 3.8) is 0 Å². The number of nitrogens with zero attached hydrogens (tertiary/aromatic N) is 3. The molecular formula is C19H20N4O. The summed E-state index contributed by atoms with van der Waals surface area (Å²) in [4.78, 5) is 22.2. The van der Waals surface area contributed by atoms with Crippen LogP contribution in [0.3, 0.4) is 0 Å². The molecule has 0 saturated carbocycles. The number of anilines is 1. The van der Waals surface area contributed by atoms with E-state index in [1.165, 1.54) is 0 Å². The third-order valence-electron chi connectivity index (χ3n) is 3.96. The highest BCUT2D eigenvalue weighted by molar-refractivity contribution is 5.87. The largest absolute Gasteiger partial charge is 0.369 e. The Morgan fingerprint density at radius 3 is 2.58 bits per heavy atom. The van der Waals surface area contributed by atoms with Crippen LogP contribution < -0.4 is 10.6 Å². The zero-order chi connectivity index (χ0) is 17.3. The Morgan fingerprint density at radius 1 is 1.17 bits per heavy atom. The maximum atomic E-state index is 11.1. The third kappa shape index (κ3) is 3.20. The number of amides is 1. The molecule has 2 heterocycles. The molecule has 1 aromatic carbocycles. The first-order valence-corrected chi connectivity index (χ1v) is 7.76. The summed E-state index contributed by atoms with van der Waals surface area (Å²) in [5.74, 6) is 0.580. The van der Waals surface area contributed by atoms with Gasteiger partial charge < -0.3 is 10.6 Å². The minimum Gasteiger partial charge on any atom is -0.369 e. The number of primary amides is 1. The first kappa shape index (κ1) is 15.9. The van der Waals surface area contributed by atoms with E-state index < -0.39 is 0 Å². The Morgan fingerprint density at radius 2 is 1.96 bits per heavy atom. The zero-order valence-electron chi connectivity index (χ0n) is 14.1. The second-order valence-electron chi connectivity index (χ2n) is 6.12. The molecule has 3 rings (SSSR count). The van der Waals surface area contributed by atoms with Crippen LogP contribution in [0.2, 0.25) is 0 Å². The van der Waals surface area contributed by atoms with Gasteiger partial charge in [0.2, 0.25) is 5.91 Å². The summed E-state index contributed by atoms with van der Waals surface area (Å²) in [5.41, 5.74) is 10.1. The van der Waals surface area contributed by atoms with Gasteiger partial charge in [-0.2, -0.15) is 0 Å². The van der Waals surface area contributed by atoms with E-state index in [0.717, 1.165) is 39.1 Å². The average Bonchev–Trinajstić information content (AvgIpc) is 2.55. The van der Waals surface area contributed by atoms with Crippen LogP contribution in [0.4, 0.5) is 5.82 Å². The summed E-state index contributed by atoms with van der Waals surface area (Å²) in [6.45, 7) is 2.04. The molecule has 0 saturated heterocycles. The zero-order valence-corrected chi connectivity index (χ0v) is 14.1. The Labute approximate surface area is 141 Å². The average molecular weight is 320 g/mol. The molecule has 0 spiro atoms. The predicted molar refractivity (Wildman–Crippen MR) is 96.9 cm³/mol. The molecule has 0 bridgehead atoms. The molecular weight excluding hydrogens is 300 g/mol. The van der Waals surface area contributed by atoms with Crippen LogP contribution in [-0.4, -0.2) is 30.0 Å². The number of aromatic nitrogens is 2. The van der Waals surface area contributed by atoms with E-state index in [1.807, 2.05) is 68.5 Å². The van der Waals surface area contributed by atoms with Crippen LogP contribution in [0, 0.1) is 6.92 Å². The molecule has 0 aliphatic heterocycles. The lowest BCUT2D eigenvalue weighted by molar-refractivity contribution is -0.117. The molecule has 0 atom stereocenters. The minimum atomic E-state index is -0.330. The summed E-state index contributed by atoms with van der Waals surface area (Å²) in [5, 5.41) is 1.04. The van der Waals surface area contributed by atoms with Gasteiger partial charge in [0.15, 0.2) is 0 Å². The Kier molecular flexibility index (Phi) is 4.16. The van der Waals surface area contributed by atoms with Gasteiger partial charge in [0.1, 0.15) is 5.82 Å². The number of benzene rings is 1. The summed E-state index contributed by atoms with van der Waals surface area (Å²) in [6, 6.07) is 11.9. The van der Waals surface area contributed by atoms with Crippen LogP contribution in [0.5, 0.6) is 0 Å². The Balaban J connectivity index is 2.02. The molecule has 0 radical (unpaired) electrons. The number of pyridine rings is 2. The molecule has 5 heteroatoms. The standard InChI is InChI=1S/C19H20N4O/c1-12-8-17(14-5-7-19(21-11-14)23(2)3)22-16-6-4-13(9-15(12)16)10-18(20)24/h4-9,11H,10H2,1-3H3,(H2,20,24). The van der Waals surface area contributed by atoms with Gasteiger partial charge in [-0.3, -0.25) is 4.79 Å². The van der Waals surface area contributed by atoms with Gasteiger partial charge >= 0.3 is 0 Å². The number of carbonyl (C=O) groups excluding carboxylic acids is 1. The van der Waals surface area contributed by atoms with Crippen molar-refractivity contribution in [3.05, 3.63) is 53.7 Å². The van der Waals surface area contributed by atoms with Gasteiger partial charge in [-0.1, -0.05) is 6.07 Å². The van der Waals surface area contributed by atoms with Gasteiger partial charge in [-0.15, -0.1) is 0 Å². The summed E-state index contributed by atoms with van der Waals surface area (Å²) in [7, 11) is 3.92. The second kappa shape index (κ2) is 6.28. The molecule has 0 unspecified atom stereocenters. The minimum absolute atomic E-state index is 0.243. The number of hydrogen-bond donors (Lipinski definition) is 1. The van der Waals surface area contributed by atoms with Gasteiger partial charge in [0.05, 0.1) is 17.6 Å². The van der Waals surface area contributed by atoms with Crippen LogP contribution in [-0.2, 0) is 11.2 Å². The molecule has 1 amide bonds. The van der Waals surface area contributed by atoms with E-state index >= 15 is 0 Å². The lowest BCUT2D eigenvalue weighted by Gasteiger charge is -2.12. The first-order chi connectivity index (χ1) is 11.4. The van der Waals surface area contributed by atoms with E-state index in [1.54, 1.807) is 0 Å². The topological polar surface area (TPSA) is 72.1 Å². The fourth-order valence-corrected chi connectivity index (χ4v) is 2.70. The Hall–Kier alpha value is -2.95. The van der Waals surface area contributed by atoms with Crippen LogP contribution in [0.15, 0.2) is 42.6 Å². The van der Waals surface area contributed by atoms with Gasteiger partial charge in [0, 0.05) is 31.2 Å². The van der Waals surface area contributed by atoms with Crippen LogP contribution >= 0.6 is 0 Å². The summed E-state index contributed by atoms with van der Waals surface area (Å²) in [6.07, 6.45) is 2.08. The van der Waals surface area contributed by atoms with E-state index in [2.05, 4.69) is 4.98 Å². The molecule has 0 aliphatic rings. The van der Waals surface area contributed by atoms with Gasteiger partial charge in [-0.05, 0) is 48.4 Å². The normalized spacial score (nSPS) is 10.8. The van der Waals surface area contributed by atoms with Gasteiger partial charge in [-0.25, -0.2) is 9.97 Å². The third-order valence-corrected chi connectivity index (χ3v) is 3.96. The van der Waals surface area contributed by atoms with Crippen molar-refractivity contribution < 1.29 is 4.79 Å². The van der Waals surface area contributed by atoms with Crippen molar-refractivity contribution in [3.8, 4) is 11.3 Å². The molecule has 2 aromatic heterocycles. The maximum absolute atomic E-state index is 11.1. The van der Waals surface area contributed by atoms with Crippen molar-refractivity contribution in [2.75, 3.05) is 19.0 Å². The SMILES string of the molecule is Cc1cc(-c2ccc(N(C)C)nc2)nc2ccc(CC(N)=O)cc12. The van der Waals surface area contributed by atoms with Crippen molar-refractivity contribution in [1.82, 2.24) is 9.97 Å². The van der Waals surface area contributed by atoms with Gasteiger partial charge in [0.25, 0.3) is 0 Å². The number of rotatable bonds is 4.